The Balaban J connectivity index is 2.11. The highest BCUT2D eigenvalue weighted by atomic mass is 19.1. The van der Waals surface area contributed by atoms with Crippen molar-refractivity contribution in [3.05, 3.63) is 24.0 Å². The average Bonchev–Trinajstić information content (AvgIpc) is 2.38. The van der Waals surface area contributed by atoms with Crippen molar-refractivity contribution in [1.29, 1.82) is 0 Å². The second kappa shape index (κ2) is 5.57. The third-order valence-corrected chi connectivity index (χ3v) is 3.77. The van der Waals surface area contributed by atoms with E-state index in [9.17, 15) is 4.39 Å². The molecule has 1 aliphatic rings. The summed E-state index contributed by atoms with van der Waals surface area (Å²) < 4.78 is 19.0. The molecular formula is C14H21FN2O. The topological polar surface area (TPSA) is 15.7 Å². The standard InChI is InChI=1S/C14H21FN2O/c1-16-8-6-11(7-9-16)17(2)14-5-4-12(18-3)10-13(14)15/h4-5,10-11H,6-9H2,1-3H3. The Morgan fingerprint density at radius 3 is 2.56 bits per heavy atom. The molecule has 100 valence electrons. The molecule has 0 atom stereocenters. The largest absolute Gasteiger partial charge is 0.497 e. The zero-order valence-corrected chi connectivity index (χ0v) is 11.3. The van der Waals surface area contributed by atoms with E-state index >= 15 is 0 Å². The normalized spacial score (nSPS) is 17.8. The van der Waals surface area contributed by atoms with Gasteiger partial charge in [0.25, 0.3) is 0 Å². The van der Waals surface area contributed by atoms with Gasteiger partial charge in [-0.25, -0.2) is 4.39 Å². The molecule has 0 aromatic heterocycles. The number of hydrogen-bond acceptors (Lipinski definition) is 3. The van der Waals surface area contributed by atoms with E-state index < -0.39 is 0 Å². The zero-order chi connectivity index (χ0) is 13.1. The molecular weight excluding hydrogens is 231 g/mol. The van der Waals surface area contributed by atoms with Crippen molar-refractivity contribution in [3.8, 4) is 5.75 Å². The number of likely N-dealkylation sites (tertiary alicyclic amines) is 1. The Kier molecular flexibility index (Phi) is 4.07. The second-order valence-electron chi connectivity index (χ2n) is 4.96. The fourth-order valence-electron chi connectivity index (χ4n) is 2.48. The van der Waals surface area contributed by atoms with Gasteiger partial charge in [-0.1, -0.05) is 0 Å². The first kappa shape index (κ1) is 13.1. The molecule has 0 aliphatic carbocycles. The lowest BCUT2D eigenvalue weighted by atomic mass is 10.0. The highest BCUT2D eigenvalue weighted by Gasteiger charge is 2.22. The molecule has 1 heterocycles. The summed E-state index contributed by atoms with van der Waals surface area (Å²) in [5, 5.41) is 0. The van der Waals surface area contributed by atoms with Gasteiger partial charge in [0.05, 0.1) is 12.8 Å². The average molecular weight is 252 g/mol. The first-order valence-corrected chi connectivity index (χ1v) is 6.36. The summed E-state index contributed by atoms with van der Waals surface area (Å²) in [6, 6.07) is 5.47. The Hall–Kier alpha value is -1.29. The van der Waals surface area contributed by atoms with Crippen LogP contribution in [0.2, 0.25) is 0 Å². The van der Waals surface area contributed by atoms with E-state index in [-0.39, 0.29) is 5.82 Å². The van der Waals surface area contributed by atoms with Gasteiger partial charge >= 0.3 is 0 Å². The molecule has 1 aliphatic heterocycles. The number of benzene rings is 1. The molecule has 0 N–H and O–H groups in total. The SMILES string of the molecule is COc1ccc(N(C)C2CCN(C)CC2)c(F)c1. The van der Waals surface area contributed by atoms with Crippen LogP contribution in [0.25, 0.3) is 0 Å². The lowest BCUT2D eigenvalue weighted by Gasteiger charge is -2.36. The van der Waals surface area contributed by atoms with Gasteiger partial charge in [-0.3, -0.25) is 0 Å². The lowest BCUT2D eigenvalue weighted by molar-refractivity contribution is 0.252. The Bertz CT molecular complexity index is 403. The smallest absolute Gasteiger partial charge is 0.150 e. The van der Waals surface area contributed by atoms with Crippen LogP contribution in [0.4, 0.5) is 10.1 Å². The van der Waals surface area contributed by atoms with Crippen LogP contribution in [0.1, 0.15) is 12.8 Å². The molecule has 3 nitrogen and oxygen atoms in total. The van der Waals surface area contributed by atoms with Gasteiger partial charge < -0.3 is 14.5 Å². The van der Waals surface area contributed by atoms with Crippen molar-refractivity contribution in [2.45, 2.75) is 18.9 Å². The van der Waals surface area contributed by atoms with E-state index in [4.69, 9.17) is 4.74 Å². The number of piperidine rings is 1. The fraction of sp³-hybridized carbons (Fsp3) is 0.571. The van der Waals surface area contributed by atoms with Crippen LogP contribution in [0.15, 0.2) is 18.2 Å². The van der Waals surface area contributed by atoms with Crippen molar-refractivity contribution in [2.24, 2.45) is 0 Å². The minimum Gasteiger partial charge on any atom is -0.497 e. The quantitative estimate of drug-likeness (QED) is 0.821. The molecule has 0 radical (unpaired) electrons. The van der Waals surface area contributed by atoms with E-state index in [0.29, 0.717) is 17.5 Å². The molecule has 0 bridgehead atoms. The van der Waals surface area contributed by atoms with Gasteiger partial charge in [-0.15, -0.1) is 0 Å². The second-order valence-corrected chi connectivity index (χ2v) is 4.96. The number of ether oxygens (including phenoxy) is 1. The molecule has 1 aromatic carbocycles. The maximum Gasteiger partial charge on any atom is 0.150 e. The van der Waals surface area contributed by atoms with Gasteiger partial charge in [0.1, 0.15) is 11.6 Å². The van der Waals surface area contributed by atoms with E-state index in [1.54, 1.807) is 13.2 Å². The van der Waals surface area contributed by atoms with Crippen LogP contribution in [0.3, 0.4) is 0 Å². The van der Waals surface area contributed by atoms with E-state index in [1.165, 1.54) is 6.07 Å². The summed E-state index contributed by atoms with van der Waals surface area (Å²) in [5.74, 6) is 0.351. The molecule has 2 rings (SSSR count). The summed E-state index contributed by atoms with van der Waals surface area (Å²) >= 11 is 0. The van der Waals surface area contributed by atoms with Crippen molar-refractivity contribution >= 4 is 5.69 Å². The third-order valence-electron chi connectivity index (χ3n) is 3.77. The predicted octanol–water partition coefficient (Wildman–Crippen LogP) is 2.36. The first-order valence-electron chi connectivity index (χ1n) is 6.36. The summed E-state index contributed by atoms with van der Waals surface area (Å²) in [7, 11) is 5.65. The highest BCUT2D eigenvalue weighted by Crippen LogP contribution is 2.27. The van der Waals surface area contributed by atoms with Crippen LogP contribution in [-0.2, 0) is 0 Å². The van der Waals surface area contributed by atoms with Crippen LogP contribution in [0, 0.1) is 5.82 Å². The minimum absolute atomic E-state index is 0.212. The van der Waals surface area contributed by atoms with Gasteiger partial charge in [-0.05, 0) is 45.1 Å². The van der Waals surface area contributed by atoms with E-state index in [2.05, 4.69) is 16.8 Å². The molecule has 4 heteroatoms. The molecule has 0 saturated carbocycles. The molecule has 1 aromatic rings. The minimum atomic E-state index is -0.212. The molecule has 18 heavy (non-hydrogen) atoms. The number of anilines is 1. The van der Waals surface area contributed by atoms with Crippen LogP contribution in [0.5, 0.6) is 5.75 Å². The Morgan fingerprint density at radius 1 is 1.33 bits per heavy atom. The lowest BCUT2D eigenvalue weighted by Crippen LogP contribution is -2.42. The Morgan fingerprint density at radius 2 is 2.00 bits per heavy atom. The summed E-state index contributed by atoms with van der Waals surface area (Å²) in [6.07, 6.45) is 2.16. The number of nitrogens with zero attached hydrogens (tertiary/aromatic N) is 2. The van der Waals surface area contributed by atoms with E-state index in [0.717, 1.165) is 25.9 Å². The number of rotatable bonds is 3. The van der Waals surface area contributed by atoms with Gasteiger partial charge in [-0.2, -0.15) is 0 Å². The monoisotopic (exact) mass is 252 g/mol. The summed E-state index contributed by atoms with van der Waals surface area (Å²) in [5.41, 5.74) is 0.658. The number of methoxy groups -OCH3 is 1. The van der Waals surface area contributed by atoms with Crippen molar-refractivity contribution in [3.63, 3.8) is 0 Å². The summed E-state index contributed by atoms with van der Waals surface area (Å²) in [4.78, 5) is 4.37. The fourth-order valence-corrected chi connectivity index (χ4v) is 2.48. The number of hydrogen-bond donors (Lipinski definition) is 0. The predicted molar refractivity (Wildman–Crippen MR) is 71.9 cm³/mol. The maximum atomic E-state index is 14.0. The van der Waals surface area contributed by atoms with Crippen molar-refractivity contribution < 1.29 is 9.13 Å². The molecule has 0 unspecified atom stereocenters. The molecule has 1 saturated heterocycles. The summed E-state index contributed by atoms with van der Waals surface area (Å²) in [6.45, 7) is 2.15. The van der Waals surface area contributed by atoms with E-state index in [1.807, 2.05) is 13.1 Å². The number of halogens is 1. The molecule has 1 fully saturated rings. The van der Waals surface area contributed by atoms with Crippen molar-refractivity contribution in [2.75, 3.05) is 39.2 Å². The van der Waals surface area contributed by atoms with Crippen LogP contribution >= 0.6 is 0 Å². The van der Waals surface area contributed by atoms with Gasteiger partial charge in [0.15, 0.2) is 0 Å². The van der Waals surface area contributed by atoms with Crippen LogP contribution < -0.4 is 9.64 Å². The van der Waals surface area contributed by atoms with Gasteiger partial charge in [0, 0.05) is 19.2 Å². The maximum absolute atomic E-state index is 14.0. The van der Waals surface area contributed by atoms with Crippen LogP contribution in [-0.4, -0.2) is 45.2 Å². The third kappa shape index (κ3) is 2.75. The van der Waals surface area contributed by atoms with Crippen molar-refractivity contribution in [1.82, 2.24) is 4.90 Å². The zero-order valence-electron chi connectivity index (χ0n) is 11.3. The van der Waals surface area contributed by atoms with Gasteiger partial charge in [0.2, 0.25) is 0 Å². The molecule has 0 spiro atoms. The first-order chi connectivity index (χ1) is 8.61. The molecule has 0 amide bonds. The Labute approximate surface area is 108 Å². The highest BCUT2D eigenvalue weighted by molar-refractivity contribution is 5.50.